The molecule has 0 aliphatic carbocycles. The molecular formula is C24H27NO3. The molecule has 1 N–H and O–H groups in total. The van der Waals surface area contributed by atoms with Crippen LogP contribution in [0.1, 0.15) is 50.6 Å². The minimum atomic E-state index is -1.10. The lowest BCUT2D eigenvalue weighted by Crippen LogP contribution is -2.28. The van der Waals surface area contributed by atoms with E-state index in [4.69, 9.17) is 4.74 Å². The Morgan fingerprint density at radius 2 is 1.75 bits per heavy atom. The summed E-state index contributed by atoms with van der Waals surface area (Å²) in [7, 11) is 0. The Hall–Kier alpha value is -2.72. The number of ether oxygens (including phenoxy) is 1. The molecule has 0 bridgehead atoms. The van der Waals surface area contributed by atoms with Crippen LogP contribution < -0.4 is 0 Å². The normalized spacial score (nSPS) is 12.9. The highest BCUT2D eigenvalue weighted by Crippen LogP contribution is 2.39. The number of aliphatic carboxylic acids is 1. The van der Waals surface area contributed by atoms with Crippen molar-refractivity contribution < 1.29 is 14.6 Å². The van der Waals surface area contributed by atoms with E-state index < -0.39 is 17.7 Å². The molecule has 4 heteroatoms. The van der Waals surface area contributed by atoms with Gasteiger partial charge in [0.25, 0.3) is 0 Å². The van der Waals surface area contributed by atoms with Crippen LogP contribution in [0, 0.1) is 6.92 Å². The third-order valence-corrected chi connectivity index (χ3v) is 4.73. The number of fused-ring (bicyclic) bond motifs is 1. The molecule has 0 amide bonds. The number of benzene rings is 2. The molecule has 1 heterocycles. The Labute approximate surface area is 166 Å². The molecule has 0 radical (unpaired) electrons. The summed E-state index contributed by atoms with van der Waals surface area (Å²) in [5.41, 5.74) is 4.61. The Bertz CT molecular complexity index is 1000. The van der Waals surface area contributed by atoms with Crippen LogP contribution in [-0.2, 0) is 16.0 Å². The molecule has 146 valence electrons. The Morgan fingerprint density at radius 3 is 2.32 bits per heavy atom. The van der Waals surface area contributed by atoms with Gasteiger partial charge in [-0.3, -0.25) is 4.98 Å². The van der Waals surface area contributed by atoms with E-state index in [0.717, 1.165) is 28.5 Å². The van der Waals surface area contributed by atoms with Gasteiger partial charge in [0.1, 0.15) is 0 Å². The number of carboxylic acid groups (broad SMARTS) is 1. The highest BCUT2D eigenvalue weighted by atomic mass is 16.5. The summed E-state index contributed by atoms with van der Waals surface area (Å²) >= 11 is 0. The topological polar surface area (TPSA) is 59.4 Å². The first kappa shape index (κ1) is 20.0. The molecule has 1 aromatic heterocycles. The minimum Gasteiger partial charge on any atom is -0.479 e. The number of hydrogen-bond donors (Lipinski definition) is 1. The zero-order chi connectivity index (χ0) is 20.5. The predicted molar refractivity (Wildman–Crippen MR) is 113 cm³/mol. The van der Waals surface area contributed by atoms with Crippen LogP contribution in [0.4, 0.5) is 0 Å². The monoisotopic (exact) mass is 377 g/mol. The van der Waals surface area contributed by atoms with Crippen LogP contribution in [-0.4, -0.2) is 21.7 Å². The summed E-state index contributed by atoms with van der Waals surface area (Å²) in [6.45, 7) is 9.56. The standard InChI is InChI=1S/C24H27NO3/c1-6-16-11-13-17(14-12-16)21-18-9-7-8-10-19(18)25-15(2)20(21)22(23(26)27)28-24(3,4)5/h7-14,22H,6H2,1-5H3,(H,26,27). The fourth-order valence-corrected chi connectivity index (χ4v) is 3.47. The molecule has 2 aromatic carbocycles. The van der Waals surface area contributed by atoms with Crippen molar-refractivity contribution in [2.24, 2.45) is 0 Å². The first-order valence-corrected chi connectivity index (χ1v) is 9.60. The van der Waals surface area contributed by atoms with Crippen molar-refractivity contribution in [3.05, 3.63) is 65.4 Å². The van der Waals surface area contributed by atoms with Gasteiger partial charge in [0, 0.05) is 16.6 Å². The molecule has 0 aliphatic rings. The van der Waals surface area contributed by atoms with Gasteiger partial charge in [0.2, 0.25) is 0 Å². The number of carboxylic acids is 1. The fraction of sp³-hybridized carbons (Fsp3) is 0.333. The number of hydrogen-bond acceptors (Lipinski definition) is 3. The van der Waals surface area contributed by atoms with Crippen molar-refractivity contribution in [3.63, 3.8) is 0 Å². The van der Waals surface area contributed by atoms with Crippen molar-refractivity contribution in [2.45, 2.75) is 52.7 Å². The van der Waals surface area contributed by atoms with Crippen LogP contribution in [0.25, 0.3) is 22.0 Å². The van der Waals surface area contributed by atoms with Crippen LogP contribution in [0.2, 0.25) is 0 Å². The lowest BCUT2D eigenvalue weighted by molar-refractivity contribution is -0.160. The number of rotatable bonds is 5. The van der Waals surface area contributed by atoms with Gasteiger partial charge in [-0.05, 0) is 56.9 Å². The maximum absolute atomic E-state index is 12.2. The number of para-hydroxylation sites is 1. The van der Waals surface area contributed by atoms with E-state index in [9.17, 15) is 9.90 Å². The quantitative estimate of drug-likeness (QED) is 0.618. The van der Waals surface area contributed by atoms with Gasteiger partial charge in [-0.2, -0.15) is 0 Å². The Kier molecular flexibility index (Phi) is 5.52. The first-order valence-electron chi connectivity index (χ1n) is 9.60. The number of carbonyl (C=O) groups is 1. The molecule has 0 fully saturated rings. The van der Waals surface area contributed by atoms with Gasteiger partial charge in [0.15, 0.2) is 6.10 Å². The summed E-state index contributed by atoms with van der Waals surface area (Å²) in [4.78, 5) is 16.9. The summed E-state index contributed by atoms with van der Waals surface area (Å²) in [6, 6.07) is 16.1. The number of aromatic nitrogens is 1. The third kappa shape index (κ3) is 4.07. The third-order valence-electron chi connectivity index (χ3n) is 4.73. The van der Waals surface area contributed by atoms with Crippen molar-refractivity contribution in [1.29, 1.82) is 0 Å². The highest BCUT2D eigenvalue weighted by Gasteiger charge is 2.32. The number of aryl methyl sites for hydroxylation is 2. The molecular weight excluding hydrogens is 350 g/mol. The van der Waals surface area contributed by atoms with Crippen molar-refractivity contribution in [2.75, 3.05) is 0 Å². The Morgan fingerprint density at radius 1 is 1.11 bits per heavy atom. The van der Waals surface area contributed by atoms with E-state index in [1.165, 1.54) is 5.56 Å². The van der Waals surface area contributed by atoms with E-state index >= 15 is 0 Å². The summed E-state index contributed by atoms with van der Waals surface area (Å²) in [6.07, 6.45) is -0.147. The van der Waals surface area contributed by atoms with Gasteiger partial charge < -0.3 is 9.84 Å². The SMILES string of the molecule is CCc1ccc(-c2c(C(OC(C)(C)C)C(=O)O)c(C)nc3ccccc23)cc1. The molecule has 0 saturated heterocycles. The smallest absolute Gasteiger partial charge is 0.337 e. The first-order chi connectivity index (χ1) is 13.2. The Balaban J connectivity index is 2.34. The molecule has 1 atom stereocenters. The predicted octanol–water partition coefficient (Wildman–Crippen LogP) is 5.71. The van der Waals surface area contributed by atoms with E-state index in [1.807, 2.05) is 52.0 Å². The van der Waals surface area contributed by atoms with Gasteiger partial charge in [-0.25, -0.2) is 4.79 Å². The van der Waals surface area contributed by atoms with E-state index in [2.05, 4.69) is 36.2 Å². The maximum Gasteiger partial charge on any atom is 0.337 e. The maximum atomic E-state index is 12.2. The lowest BCUT2D eigenvalue weighted by Gasteiger charge is -2.28. The average Bonchev–Trinajstić information content (AvgIpc) is 2.64. The van der Waals surface area contributed by atoms with Gasteiger partial charge in [-0.15, -0.1) is 0 Å². The molecule has 28 heavy (non-hydrogen) atoms. The van der Waals surface area contributed by atoms with Crippen LogP contribution in [0.3, 0.4) is 0 Å². The fourth-order valence-electron chi connectivity index (χ4n) is 3.47. The lowest BCUT2D eigenvalue weighted by atomic mass is 9.90. The average molecular weight is 377 g/mol. The minimum absolute atomic E-state index is 0.607. The number of nitrogens with zero attached hydrogens (tertiary/aromatic N) is 1. The molecule has 1 unspecified atom stereocenters. The van der Waals surface area contributed by atoms with E-state index in [0.29, 0.717) is 11.3 Å². The van der Waals surface area contributed by atoms with Gasteiger partial charge in [0.05, 0.1) is 11.1 Å². The molecule has 0 aliphatic heterocycles. The van der Waals surface area contributed by atoms with Gasteiger partial charge in [-0.1, -0.05) is 49.4 Å². The summed E-state index contributed by atoms with van der Waals surface area (Å²) in [5, 5.41) is 10.9. The number of pyridine rings is 1. The zero-order valence-electron chi connectivity index (χ0n) is 17.1. The highest BCUT2D eigenvalue weighted by molar-refractivity contribution is 5.98. The molecule has 4 nitrogen and oxygen atoms in total. The van der Waals surface area contributed by atoms with Crippen molar-refractivity contribution in [1.82, 2.24) is 4.98 Å². The molecule has 3 rings (SSSR count). The summed E-state index contributed by atoms with van der Waals surface area (Å²) < 4.78 is 5.98. The second kappa shape index (κ2) is 7.72. The molecule has 0 saturated carbocycles. The van der Waals surface area contributed by atoms with Crippen LogP contribution in [0.15, 0.2) is 48.5 Å². The van der Waals surface area contributed by atoms with Gasteiger partial charge >= 0.3 is 5.97 Å². The summed E-state index contributed by atoms with van der Waals surface area (Å²) in [5.74, 6) is -1.01. The second-order valence-electron chi connectivity index (χ2n) is 8.00. The zero-order valence-corrected chi connectivity index (χ0v) is 17.1. The molecule has 3 aromatic rings. The van der Waals surface area contributed by atoms with Crippen LogP contribution in [0.5, 0.6) is 0 Å². The largest absolute Gasteiger partial charge is 0.479 e. The van der Waals surface area contributed by atoms with E-state index in [-0.39, 0.29) is 0 Å². The second-order valence-corrected chi connectivity index (χ2v) is 8.00. The van der Waals surface area contributed by atoms with E-state index in [1.54, 1.807) is 0 Å². The van der Waals surface area contributed by atoms with Crippen molar-refractivity contribution in [3.8, 4) is 11.1 Å². The molecule has 0 spiro atoms. The van der Waals surface area contributed by atoms with Crippen LogP contribution >= 0.6 is 0 Å². The van der Waals surface area contributed by atoms with Crippen molar-refractivity contribution >= 4 is 16.9 Å².